The minimum absolute atomic E-state index is 0.0448. The summed E-state index contributed by atoms with van der Waals surface area (Å²) in [5, 5.41) is 14.2. The number of benzene rings is 6. The largest absolute Gasteiger partial charge is 0.456 e. The molecule has 0 saturated heterocycles. The molecule has 232 valence electrons. The van der Waals surface area contributed by atoms with Crippen molar-refractivity contribution in [3.63, 3.8) is 0 Å². The first-order valence-electron chi connectivity index (χ1n) is 17.0. The van der Waals surface area contributed by atoms with Gasteiger partial charge in [-0.15, -0.1) is 0 Å². The van der Waals surface area contributed by atoms with Crippen molar-refractivity contribution in [1.82, 2.24) is 15.0 Å². The third-order valence-electron chi connectivity index (χ3n) is 10.7. The van der Waals surface area contributed by atoms with E-state index in [-0.39, 0.29) is 5.41 Å². The standard InChI is InChI=1S/C44H30N4O/c45-26-27-12-17-33-36-24-31(16-19-37(36)44(38(33)22-27)20-6-1-7-21-44)42-46-41(30-14-13-28-8-2-3-9-29(28)23-30)47-43(48-42)32-15-18-35-34-10-4-5-11-39(34)49-40(35)25-32/h2-5,8-19,22-25H,1,6-7,20-21H2. The van der Waals surface area contributed by atoms with Gasteiger partial charge >= 0.3 is 0 Å². The van der Waals surface area contributed by atoms with E-state index in [1.807, 2.05) is 30.3 Å². The van der Waals surface area contributed by atoms with Crippen LogP contribution in [0.1, 0.15) is 48.8 Å². The van der Waals surface area contributed by atoms with Gasteiger partial charge in [-0.1, -0.05) is 98.1 Å². The molecule has 6 aromatic carbocycles. The summed E-state index contributed by atoms with van der Waals surface area (Å²) >= 11 is 0. The zero-order valence-corrected chi connectivity index (χ0v) is 26.8. The molecule has 0 bridgehead atoms. The molecule has 2 heterocycles. The Kier molecular flexibility index (Phi) is 6.10. The molecular weight excluding hydrogens is 601 g/mol. The maximum atomic E-state index is 9.78. The van der Waals surface area contributed by atoms with Crippen LogP contribution >= 0.6 is 0 Å². The Bertz CT molecular complexity index is 2670. The average molecular weight is 631 g/mol. The van der Waals surface area contributed by atoms with Crippen LogP contribution < -0.4 is 0 Å². The van der Waals surface area contributed by atoms with Crippen LogP contribution in [0.5, 0.6) is 0 Å². The van der Waals surface area contributed by atoms with Crippen molar-refractivity contribution in [3.8, 4) is 51.4 Å². The second kappa shape index (κ2) is 10.7. The van der Waals surface area contributed by atoms with Gasteiger partial charge in [-0.05, 0) is 88.3 Å². The third-order valence-corrected chi connectivity index (χ3v) is 10.7. The summed E-state index contributed by atoms with van der Waals surface area (Å²) in [6, 6.07) is 44.4. The summed E-state index contributed by atoms with van der Waals surface area (Å²) in [5.41, 5.74) is 10.2. The average Bonchev–Trinajstić information content (AvgIpc) is 3.66. The van der Waals surface area contributed by atoms with E-state index in [1.54, 1.807) is 0 Å². The number of rotatable bonds is 3. The Morgan fingerprint density at radius 2 is 1.20 bits per heavy atom. The van der Waals surface area contributed by atoms with Gasteiger partial charge in [0.2, 0.25) is 0 Å². The van der Waals surface area contributed by atoms with Crippen LogP contribution in [-0.4, -0.2) is 15.0 Å². The Morgan fingerprint density at radius 1 is 0.531 bits per heavy atom. The summed E-state index contributed by atoms with van der Waals surface area (Å²) in [6.45, 7) is 0. The molecule has 2 aliphatic carbocycles. The molecule has 0 amide bonds. The monoisotopic (exact) mass is 630 g/mol. The predicted molar refractivity (Wildman–Crippen MR) is 195 cm³/mol. The first kappa shape index (κ1) is 27.9. The van der Waals surface area contributed by atoms with E-state index < -0.39 is 0 Å². The van der Waals surface area contributed by atoms with E-state index in [1.165, 1.54) is 46.9 Å². The fourth-order valence-electron chi connectivity index (χ4n) is 8.36. The smallest absolute Gasteiger partial charge is 0.164 e. The molecule has 10 rings (SSSR count). The minimum atomic E-state index is -0.0448. The minimum Gasteiger partial charge on any atom is -0.456 e. The molecule has 5 nitrogen and oxygen atoms in total. The molecule has 8 aromatic rings. The van der Waals surface area contributed by atoms with Crippen molar-refractivity contribution in [3.05, 3.63) is 138 Å². The topological polar surface area (TPSA) is 75.6 Å². The predicted octanol–water partition coefficient (Wildman–Crippen LogP) is 11.0. The quantitative estimate of drug-likeness (QED) is 0.194. The van der Waals surface area contributed by atoms with Gasteiger partial charge in [-0.3, -0.25) is 0 Å². The number of nitrogens with zero attached hydrogens (tertiary/aromatic N) is 4. The van der Waals surface area contributed by atoms with E-state index in [0.29, 0.717) is 17.5 Å². The molecule has 0 aliphatic heterocycles. The van der Waals surface area contributed by atoms with E-state index >= 15 is 0 Å². The highest BCUT2D eigenvalue weighted by Gasteiger charge is 2.44. The molecule has 0 atom stereocenters. The lowest BCUT2D eigenvalue weighted by molar-refractivity contribution is 0.353. The second-order valence-corrected chi connectivity index (χ2v) is 13.5. The van der Waals surface area contributed by atoms with Gasteiger partial charge in [0.1, 0.15) is 11.2 Å². The third kappa shape index (κ3) is 4.34. The van der Waals surface area contributed by atoms with E-state index in [9.17, 15) is 5.26 Å². The zero-order valence-electron chi connectivity index (χ0n) is 26.8. The van der Waals surface area contributed by atoms with Crippen molar-refractivity contribution in [2.45, 2.75) is 37.5 Å². The van der Waals surface area contributed by atoms with Gasteiger partial charge in [0.25, 0.3) is 0 Å². The number of nitriles is 1. The first-order valence-corrected chi connectivity index (χ1v) is 17.0. The summed E-state index contributed by atoms with van der Waals surface area (Å²) in [5.74, 6) is 1.85. The number of para-hydroxylation sites is 1. The fourth-order valence-corrected chi connectivity index (χ4v) is 8.36. The normalized spacial score (nSPS) is 14.7. The lowest BCUT2D eigenvalue weighted by atomic mass is 9.67. The van der Waals surface area contributed by atoms with E-state index in [0.717, 1.165) is 62.4 Å². The van der Waals surface area contributed by atoms with E-state index in [4.69, 9.17) is 19.4 Å². The van der Waals surface area contributed by atoms with Crippen LogP contribution in [0, 0.1) is 11.3 Å². The van der Waals surface area contributed by atoms with Gasteiger partial charge in [-0.2, -0.15) is 5.26 Å². The fraction of sp³-hybridized carbons (Fsp3) is 0.136. The summed E-state index contributed by atoms with van der Waals surface area (Å²) in [7, 11) is 0. The Labute approximate surface area is 283 Å². The van der Waals surface area contributed by atoms with E-state index in [2.05, 4.69) is 97.1 Å². The highest BCUT2D eigenvalue weighted by molar-refractivity contribution is 6.05. The summed E-state index contributed by atoms with van der Waals surface area (Å²) < 4.78 is 6.26. The number of aromatic nitrogens is 3. The highest BCUT2D eigenvalue weighted by atomic mass is 16.3. The van der Waals surface area contributed by atoms with Crippen molar-refractivity contribution in [2.24, 2.45) is 0 Å². The van der Waals surface area contributed by atoms with Crippen LogP contribution in [0.2, 0.25) is 0 Å². The van der Waals surface area contributed by atoms with Crippen molar-refractivity contribution in [1.29, 1.82) is 5.26 Å². The molecule has 1 spiro atoms. The van der Waals surface area contributed by atoms with Gasteiger partial charge in [-0.25, -0.2) is 15.0 Å². The molecular formula is C44H30N4O. The SMILES string of the molecule is N#Cc1ccc2c(c1)C1(CCCCC1)c1ccc(-c3nc(-c4ccc5ccccc5c4)nc(-c4ccc5c(c4)oc4ccccc45)n3)cc1-2. The highest BCUT2D eigenvalue weighted by Crippen LogP contribution is 2.56. The second-order valence-electron chi connectivity index (χ2n) is 13.5. The van der Waals surface area contributed by atoms with Gasteiger partial charge in [0.15, 0.2) is 17.5 Å². The van der Waals surface area contributed by atoms with Crippen LogP contribution in [0.25, 0.3) is 78.0 Å². The number of furan rings is 1. The lowest BCUT2D eigenvalue weighted by Crippen LogP contribution is -2.28. The molecule has 49 heavy (non-hydrogen) atoms. The van der Waals surface area contributed by atoms with Crippen LogP contribution in [0.4, 0.5) is 0 Å². The summed E-state index contributed by atoms with van der Waals surface area (Å²) in [4.78, 5) is 15.3. The molecule has 0 N–H and O–H groups in total. The molecule has 2 aliphatic rings. The molecule has 0 radical (unpaired) electrons. The number of hydrogen-bond acceptors (Lipinski definition) is 5. The molecule has 0 unspecified atom stereocenters. The van der Waals surface area contributed by atoms with Crippen molar-refractivity contribution < 1.29 is 4.42 Å². The van der Waals surface area contributed by atoms with Crippen molar-refractivity contribution in [2.75, 3.05) is 0 Å². The Hall–Kier alpha value is -6.12. The first-order chi connectivity index (χ1) is 24.2. The molecule has 1 fully saturated rings. The molecule has 1 saturated carbocycles. The van der Waals surface area contributed by atoms with Crippen LogP contribution in [-0.2, 0) is 5.41 Å². The zero-order chi connectivity index (χ0) is 32.5. The van der Waals surface area contributed by atoms with Crippen LogP contribution in [0.15, 0.2) is 126 Å². The van der Waals surface area contributed by atoms with Gasteiger partial charge < -0.3 is 4.42 Å². The number of hydrogen-bond donors (Lipinski definition) is 0. The maximum absolute atomic E-state index is 9.78. The summed E-state index contributed by atoms with van der Waals surface area (Å²) in [6.07, 6.45) is 5.85. The van der Waals surface area contributed by atoms with Crippen LogP contribution in [0.3, 0.4) is 0 Å². The Balaban J connectivity index is 1.17. The molecule has 5 heteroatoms. The van der Waals surface area contributed by atoms with Gasteiger partial charge in [0.05, 0.1) is 11.6 Å². The maximum Gasteiger partial charge on any atom is 0.164 e. The van der Waals surface area contributed by atoms with Crippen molar-refractivity contribution >= 4 is 32.7 Å². The van der Waals surface area contributed by atoms with Gasteiger partial charge in [0, 0.05) is 32.9 Å². The Morgan fingerprint density at radius 3 is 2.02 bits per heavy atom. The lowest BCUT2D eigenvalue weighted by Gasteiger charge is -2.36. The number of fused-ring (bicyclic) bond motifs is 9. The molecule has 2 aromatic heterocycles.